The van der Waals surface area contributed by atoms with Gasteiger partial charge >= 0.3 is 0 Å². The Hall–Kier alpha value is -1.72. The number of hydrogen-bond donors (Lipinski definition) is 0. The highest BCUT2D eigenvalue weighted by molar-refractivity contribution is 6.36. The molecule has 1 fully saturated rings. The number of rotatable bonds is 6. The van der Waals surface area contributed by atoms with Crippen LogP contribution in [-0.4, -0.2) is 40.9 Å². The first-order valence-corrected chi connectivity index (χ1v) is 10.9. The van der Waals surface area contributed by atoms with Crippen molar-refractivity contribution in [3.05, 3.63) is 81.6 Å². The lowest BCUT2D eigenvalue weighted by Gasteiger charge is -2.43. The highest BCUT2D eigenvalue weighted by Crippen LogP contribution is 2.36. The molecule has 1 aliphatic rings. The minimum absolute atomic E-state index is 0.199. The third-order valence-corrected chi connectivity index (χ3v) is 6.15. The van der Waals surface area contributed by atoms with E-state index in [9.17, 15) is 0 Å². The molecule has 4 nitrogen and oxygen atoms in total. The Morgan fingerprint density at radius 2 is 1.72 bits per heavy atom. The number of hydrogen-bond acceptors (Lipinski definition) is 3. The lowest BCUT2D eigenvalue weighted by molar-refractivity contribution is 0.217. The van der Waals surface area contributed by atoms with Crippen LogP contribution in [0, 0.1) is 0 Å². The average Bonchev–Trinajstić information content (AvgIpc) is 3.22. The van der Waals surface area contributed by atoms with Crippen LogP contribution >= 0.6 is 34.8 Å². The first kappa shape index (κ1) is 20.5. The van der Waals surface area contributed by atoms with Crippen LogP contribution < -0.4 is 4.90 Å². The van der Waals surface area contributed by atoms with Crippen LogP contribution in [0.5, 0.6) is 0 Å². The normalized spacial score (nSPS) is 17.6. The van der Waals surface area contributed by atoms with Crippen molar-refractivity contribution in [2.24, 2.45) is 0 Å². The largest absolute Gasteiger partial charge is 0.361 e. The minimum atomic E-state index is 0.199. The number of anilines is 1. The zero-order valence-electron chi connectivity index (χ0n) is 16.0. The summed E-state index contributed by atoms with van der Waals surface area (Å²) >= 11 is 18.8. The molecule has 1 atom stereocenters. The molecule has 0 bridgehead atoms. The van der Waals surface area contributed by atoms with Gasteiger partial charge in [-0.3, -0.25) is 9.58 Å². The van der Waals surface area contributed by atoms with E-state index in [1.54, 1.807) is 0 Å². The Morgan fingerprint density at radius 3 is 2.45 bits per heavy atom. The second kappa shape index (κ2) is 9.40. The maximum absolute atomic E-state index is 6.55. The summed E-state index contributed by atoms with van der Waals surface area (Å²) in [6.07, 6.45) is 4.90. The van der Waals surface area contributed by atoms with E-state index in [0.29, 0.717) is 10.0 Å². The lowest BCUT2D eigenvalue weighted by atomic mass is 10.0. The quantitative estimate of drug-likeness (QED) is 0.475. The van der Waals surface area contributed by atoms with Crippen molar-refractivity contribution < 1.29 is 0 Å². The SMILES string of the molecule is Clc1ccc(C2CN(CCCn3cccn3)CCN2c2ccc(Cl)cc2Cl)cc1. The molecule has 0 saturated carbocycles. The van der Waals surface area contributed by atoms with Gasteiger partial charge in [-0.15, -0.1) is 0 Å². The molecule has 4 rings (SSSR count). The number of piperazine rings is 1. The van der Waals surface area contributed by atoms with Crippen LogP contribution in [0.1, 0.15) is 18.0 Å². The highest BCUT2D eigenvalue weighted by atomic mass is 35.5. The maximum atomic E-state index is 6.55. The molecule has 0 radical (unpaired) electrons. The van der Waals surface area contributed by atoms with Crippen molar-refractivity contribution in [3.63, 3.8) is 0 Å². The molecular weight excluding hydrogens is 427 g/mol. The van der Waals surface area contributed by atoms with Gasteiger partial charge < -0.3 is 4.90 Å². The average molecular weight is 450 g/mol. The summed E-state index contributed by atoms with van der Waals surface area (Å²) in [4.78, 5) is 4.90. The number of aryl methyl sites for hydroxylation is 1. The standard InChI is InChI=1S/C22H23Cl3N4/c23-18-5-3-17(4-6-18)22-16-27(10-2-12-28-11-1-9-26-28)13-14-29(22)21-8-7-19(24)15-20(21)25/h1,3-9,11,15,22H,2,10,12-14,16H2. The van der Waals surface area contributed by atoms with E-state index in [1.165, 1.54) is 5.56 Å². The second-order valence-electron chi connectivity index (χ2n) is 7.28. The smallest absolute Gasteiger partial charge is 0.0670 e. The summed E-state index contributed by atoms with van der Waals surface area (Å²) in [5.41, 5.74) is 2.25. The van der Waals surface area contributed by atoms with Gasteiger partial charge in [0, 0.05) is 55.2 Å². The van der Waals surface area contributed by atoms with Crippen molar-refractivity contribution in [2.75, 3.05) is 31.1 Å². The molecule has 2 aromatic carbocycles. The van der Waals surface area contributed by atoms with Crippen LogP contribution in [0.4, 0.5) is 5.69 Å². The molecule has 152 valence electrons. The van der Waals surface area contributed by atoms with Gasteiger partial charge in [0.2, 0.25) is 0 Å². The van der Waals surface area contributed by atoms with Gasteiger partial charge in [0.1, 0.15) is 0 Å². The summed E-state index contributed by atoms with van der Waals surface area (Å²) in [6.45, 7) is 4.78. The monoisotopic (exact) mass is 448 g/mol. The predicted octanol–water partition coefficient (Wildman–Crippen LogP) is 5.80. The number of nitrogens with zero attached hydrogens (tertiary/aromatic N) is 4. The van der Waals surface area contributed by atoms with Crippen LogP contribution in [0.15, 0.2) is 60.9 Å². The van der Waals surface area contributed by atoms with Crippen molar-refractivity contribution in [1.29, 1.82) is 0 Å². The van der Waals surface area contributed by atoms with Crippen LogP contribution in [0.2, 0.25) is 15.1 Å². The van der Waals surface area contributed by atoms with Gasteiger partial charge in [-0.2, -0.15) is 5.10 Å². The zero-order chi connectivity index (χ0) is 20.2. The summed E-state index contributed by atoms with van der Waals surface area (Å²) in [7, 11) is 0. The molecule has 0 spiro atoms. The minimum Gasteiger partial charge on any atom is -0.361 e. The first-order valence-electron chi connectivity index (χ1n) is 9.77. The second-order valence-corrected chi connectivity index (χ2v) is 8.56. The van der Waals surface area contributed by atoms with Crippen LogP contribution in [0.3, 0.4) is 0 Å². The maximum Gasteiger partial charge on any atom is 0.0670 e. The Labute approximate surface area is 186 Å². The fourth-order valence-electron chi connectivity index (χ4n) is 3.90. The van der Waals surface area contributed by atoms with Crippen molar-refractivity contribution >= 4 is 40.5 Å². The molecule has 0 amide bonds. The lowest BCUT2D eigenvalue weighted by Crippen LogP contribution is -2.49. The van der Waals surface area contributed by atoms with E-state index in [1.807, 2.05) is 53.5 Å². The molecule has 2 heterocycles. The van der Waals surface area contributed by atoms with E-state index in [4.69, 9.17) is 34.8 Å². The van der Waals surface area contributed by atoms with E-state index in [-0.39, 0.29) is 6.04 Å². The number of aromatic nitrogens is 2. The first-order chi connectivity index (χ1) is 14.1. The van der Waals surface area contributed by atoms with Crippen molar-refractivity contribution in [3.8, 4) is 0 Å². The molecule has 29 heavy (non-hydrogen) atoms. The number of benzene rings is 2. The van der Waals surface area contributed by atoms with E-state index >= 15 is 0 Å². The molecule has 0 N–H and O–H groups in total. The van der Waals surface area contributed by atoms with E-state index in [2.05, 4.69) is 27.0 Å². The Kier molecular flexibility index (Phi) is 6.66. The Morgan fingerprint density at radius 1 is 0.931 bits per heavy atom. The van der Waals surface area contributed by atoms with E-state index in [0.717, 1.165) is 49.9 Å². The molecule has 1 aromatic heterocycles. The number of halogens is 3. The fourth-order valence-corrected chi connectivity index (χ4v) is 4.55. The van der Waals surface area contributed by atoms with E-state index < -0.39 is 0 Å². The third-order valence-electron chi connectivity index (χ3n) is 5.36. The third kappa shape index (κ3) is 5.07. The fraction of sp³-hybridized carbons (Fsp3) is 0.318. The topological polar surface area (TPSA) is 24.3 Å². The molecule has 7 heteroatoms. The van der Waals surface area contributed by atoms with Crippen molar-refractivity contribution in [2.45, 2.75) is 19.0 Å². The van der Waals surface area contributed by atoms with Gasteiger partial charge in [0.25, 0.3) is 0 Å². The van der Waals surface area contributed by atoms with Gasteiger partial charge in [0.15, 0.2) is 0 Å². The van der Waals surface area contributed by atoms with Crippen LogP contribution in [-0.2, 0) is 6.54 Å². The Balaban J connectivity index is 1.51. The zero-order valence-corrected chi connectivity index (χ0v) is 18.3. The molecule has 3 aromatic rings. The molecular formula is C22H23Cl3N4. The molecule has 1 unspecified atom stereocenters. The highest BCUT2D eigenvalue weighted by Gasteiger charge is 2.29. The summed E-state index contributed by atoms with van der Waals surface area (Å²) in [6, 6.07) is 16.0. The molecule has 1 aliphatic heterocycles. The summed E-state index contributed by atoms with van der Waals surface area (Å²) < 4.78 is 1.99. The van der Waals surface area contributed by atoms with Crippen molar-refractivity contribution in [1.82, 2.24) is 14.7 Å². The summed E-state index contributed by atoms with van der Waals surface area (Å²) in [5.74, 6) is 0. The summed E-state index contributed by atoms with van der Waals surface area (Å²) in [5, 5.41) is 6.37. The van der Waals surface area contributed by atoms with Gasteiger partial charge in [-0.25, -0.2) is 0 Å². The van der Waals surface area contributed by atoms with Gasteiger partial charge in [-0.05, 0) is 48.4 Å². The molecule has 1 saturated heterocycles. The van der Waals surface area contributed by atoms with Gasteiger partial charge in [-0.1, -0.05) is 46.9 Å². The molecule has 0 aliphatic carbocycles. The van der Waals surface area contributed by atoms with Gasteiger partial charge in [0.05, 0.1) is 16.8 Å². The Bertz CT molecular complexity index is 928. The van der Waals surface area contributed by atoms with Crippen LogP contribution in [0.25, 0.3) is 0 Å². The predicted molar refractivity (Wildman–Crippen MR) is 121 cm³/mol.